The number of piperidine rings is 1. The van der Waals surface area contributed by atoms with E-state index in [1.807, 2.05) is 49.4 Å². The molecule has 2 aliphatic rings. The summed E-state index contributed by atoms with van der Waals surface area (Å²) in [6, 6.07) is 23.0. The van der Waals surface area contributed by atoms with Crippen molar-refractivity contribution in [3.8, 4) is 16.9 Å². The molecule has 0 unspecified atom stereocenters. The number of fused-ring (bicyclic) bond motifs is 3. The zero-order valence-corrected chi connectivity index (χ0v) is 23.4. The number of pyridine rings is 1. The van der Waals surface area contributed by atoms with E-state index in [0.717, 1.165) is 72.1 Å². The molecule has 4 aromatic rings. The van der Waals surface area contributed by atoms with Gasteiger partial charge in [0.1, 0.15) is 17.7 Å². The second kappa shape index (κ2) is 10.9. The predicted molar refractivity (Wildman–Crippen MR) is 159 cm³/mol. The van der Waals surface area contributed by atoms with E-state index >= 15 is 0 Å². The molecule has 1 aliphatic heterocycles. The van der Waals surface area contributed by atoms with E-state index in [1.165, 1.54) is 11.1 Å². The van der Waals surface area contributed by atoms with Crippen molar-refractivity contribution in [2.75, 3.05) is 32.0 Å². The Kier molecular flexibility index (Phi) is 7.20. The normalized spacial score (nSPS) is 18.1. The molecule has 0 bridgehead atoms. The highest BCUT2D eigenvalue weighted by Crippen LogP contribution is 2.53. The number of nitrogens with two attached hydrogens (primary N) is 1. The van der Waals surface area contributed by atoms with Crippen molar-refractivity contribution in [1.29, 1.82) is 0 Å². The minimum Gasteiger partial charge on any atom is -0.485 e. The van der Waals surface area contributed by atoms with Crippen molar-refractivity contribution in [1.82, 2.24) is 9.88 Å². The topological polar surface area (TPSA) is 77.7 Å². The molecule has 2 N–H and O–H groups in total. The van der Waals surface area contributed by atoms with Crippen molar-refractivity contribution in [3.63, 3.8) is 0 Å². The summed E-state index contributed by atoms with van der Waals surface area (Å²) in [5, 5.41) is 2.06. The molecule has 6 heteroatoms. The number of rotatable bonds is 7. The van der Waals surface area contributed by atoms with Gasteiger partial charge in [-0.15, -0.1) is 0 Å². The lowest BCUT2D eigenvalue weighted by molar-refractivity contribution is -0.142. The molecular formula is C34H37N3O3. The number of aromatic nitrogens is 1. The minimum atomic E-state index is -0.235. The van der Waals surface area contributed by atoms with Gasteiger partial charge in [-0.1, -0.05) is 55.5 Å². The molecule has 40 heavy (non-hydrogen) atoms. The van der Waals surface area contributed by atoms with E-state index in [9.17, 15) is 4.79 Å². The van der Waals surface area contributed by atoms with Crippen molar-refractivity contribution >= 4 is 22.6 Å². The highest BCUT2D eigenvalue weighted by molar-refractivity contribution is 6.01. The molecule has 1 aromatic heterocycles. The number of nitrogen functional groups attached to an aromatic ring is 1. The molecule has 206 valence electrons. The van der Waals surface area contributed by atoms with Gasteiger partial charge < -0.3 is 20.1 Å². The fraction of sp³-hybridized carbons (Fsp3) is 0.353. The number of benzene rings is 3. The third-order valence-corrected chi connectivity index (χ3v) is 8.84. The zero-order valence-electron chi connectivity index (χ0n) is 23.4. The molecular weight excluding hydrogens is 498 g/mol. The molecule has 0 amide bonds. The Hall–Kier alpha value is -3.90. The number of para-hydroxylation sites is 1. The van der Waals surface area contributed by atoms with Crippen molar-refractivity contribution in [3.05, 3.63) is 89.6 Å². The summed E-state index contributed by atoms with van der Waals surface area (Å²) < 4.78 is 12.1. The van der Waals surface area contributed by atoms with Gasteiger partial charge in [-0.3, -0.25) is 4.79 Å². The molecule has 3 aromatic carbocycles. The summed E-state index contributed by atoms with van der Waals surface area (Å²) in [6.07, 6.45) is 5.04. The summed E-state index contributed by atoms with van der Waals surface area (Å²) in [5.74, 6) is 1.06. The molecule has 2 heterocycles. The number of anilines is 1. The predicted octanol–water partition coefficient (Wildman–Crippen LogP) is 6.47. The van der Waals surface area contributed by atoms with Crippen LogP contribution in [0.2, 0.25) is 0 Å². The van der Waals surface area contributed by atoms with Crippen molar-refractivity contribution in [2.45, 2.75) is 51.0 Å². The van der Waals surface area contributed by atoms with Gasteiger partial charge >= 0.3 is 5.97 Å². The molecule has 6 rings (SSSR count). The third kappa shape index (κ3) is 4.81. The van der Waals surface area contributed by atoms with Gasteiger partial charge in [-0.2, -0.15) is 0 Å². The summed E-state index contributed by atoms with van der Waals surface area (Å²) >= 11 is 0. The lowest BCUT2D eigenvalue weighted by atomic mass is 9.73. The Balaban J connectivity index is 1.41. The Bertz CT molecular complexity index is 1540. The number of hydrogen-bond acceptors (Lipinski definition) is 6. The van der Waals surface area contributed by atoms with Gasteiger partial charge in [0.25, 0.3) is 0 Å². The fourth-order valence-corrected chi connectivity index (χ4v) is 6.70. The number of likely N-dealkylation sites (tertiary alicyclic amines) is 1. The fourth-order valence-electron chi connectivity index (χ4n) is 6.70. The van der Waals surface area contributed by atoms with Crippen LogP contribution in [0.25, 0.3) is 21.9 Å². The molecule has 1 aliphatic carbocycles. The van der Waals surface area contributed by atoms with E-state index in [2.05, 4.69) is 41.1 Å². The Morgan fingerprint density at radius 3 is 2.65 bits per heavy atom. The Morgan fingerprint density at radius 1 is 1.02 bits per heavy atom. The number of esters is 1. The van der Waals surface area contributed by atoms with Crippen LogP contribution in [0.15, 0.2) is 72.9 Å². The Labute approximate surface area is 236 Å². The summed E-state index contributed by atoms with van der Waals surface area (Å²) in [4.78, 5) is 19.2. The number of carbonyl (C=O) groups is 1. The molecule has 1 spiro atoms. The van der Waals surface area contributed by atoms with E-state index in [-0.39, 0.29) is 23.9 Å². The van der Waals surface area contributed by atoms with Crippen LogP contribution in [0, 0.1) is 0 Å². The van der Waals surface area contributed by atoms with Crippen molar-refractivity contribution in [2.24, 2.45) is 0 Å². The average Bonchev–Trinajstić information content (AvgIpc) is 3.26. The molecule has 0 radical (unpaired) electrons. The second-order valence-corrected chi connectivity index (χ2v) is 11.0. The van der Waals surface area contributed by atoms with Gasteiger partial charge in [-0.25, -0.2) is 4.98 Å². The zero-order chi connectivity index (χ0) is 27.7. The first-order valence-electron chi connectivity index (χ1n) is 14.4. The van der Waals surface area contributed by atoms with Gasteiger partial charge in [0, 0.05) is 22.6 Å². The largest absolute Gasteiger partial charge is 0.485 e. The van der Waals surface area contributed by atoms with Crippen LogP contribution >= 0.6 is 0 Å². The lowest BCUT2D eigenvalue weighted by Crippen LogP contribution is -2.41. The molecule has 1 saturated heterocycles. The first kappa shape index (κ1) is 26.3. The van der Waals surface area contributed by atoms with E-state index in [1.54, 1.807) is 6.20 Å². The number of nitrogens with zero attached hydrogens (tertiary/aromatic N) is 2. The van der Waals surface area contributed by atoms with Crippen LogP contribution < -0.4 is 10.5 Å². The number of carbonyl (C=O) groups excluding carboxylic acids is 1. The summed E-state index contributed by atoms with van der Waals surface area (Å²) in [6.45, 7) is 7.72. The molecule has 0 saturated carbocycles. The first-order chi connectivity index (χ1) is 19.5. The van der Waals surface area contributed by atoms with Crippen LogP contribution in [0.5, 0.6) is 5.75 Å². The quantitative estimate of drug-likeness (QED) is 0.274. The maximum absolute atomic E-state index is 12.3. The van der Waals surface area contributed by atoms with Crippen LogP contribution in [-0.4, -0.2) is 42.1 Å². The van der Waals surface area contributed by atoms with Crippen LogP contribution in [0.4, 0.5) is 5.82 Å². The molecule has 6 nitrogen and oxygen atoms in total. The molecule has 1 fully saturated rings. The monoisotopic (exact) mass is 535 g/mol. The maximum atomic E-state index is 12.3. The van der Waals surface area contributed by atoms with Crippen molar-refractivity contribution < 1.29 is 14.3 Å². The second-order valence-electron chi connectivity index (χ2n) is 11.0. The van der Waals surface area contributed by atoms with Gasteiger partial charge in [0.15, 0.2) is 0 Å². The third-order valence-electron chi connectivity index (χ3n) is 8.84. The SMILES string of the molecule is CCOC(=O)Cc1ccccc1O[C@@H]1CC2(CCN(CC)CC2)c2ccc(-c3cccc4c(N)nccc34)cc21. The molecule has 1 atom stereocenters. The van der Waals surface area contributed by atoms with E-state index in [4.69, 9.17) is 15.2 Å². The van der Waals surface area contributed by atoms with Crippen LogP contribution in [-0.2, 0) is 21.4 Å². The van der Waals surface area contributed by atoms with E-state index in [0.29, 0.717) is 12.4 Å². The Morgan fingerprint density at radius 2 is 1.85 bits per heavy atom. The maximum Gasteiger partial charge on any atom is 0.310 e. The number of ether oxygens (including phenoxy) is 2. The summed E-state index contributed by atoms with van der Waals surface area (Å²) in [7, 11) is 0. The standard InChI is InChI=1S/C34H37N3O3/c1-3-37-18-15-34(16-19-37)22-31(40-30-11-6-5-8-24(30)21-32(38)39-4-2)28-20-23(12-13-29(28)34)25-9-7-10-27-26(25)14-17-36-33(27)35/h5-14,17,20,31H,3-4,15-16,18-19,21-22H2,1-2H3,(H2,35,36)/t31-/m1/s1. The highest BCUT2D eigenvalue weighted by Gasteiger charge is 2.46. The minimum absolute atomic E-state index is 0.0907. The smallest absolute Gasteiger partial charge is 0.310 e. The summed E-state index contributed by atoms with van der Waals surface area (Å²) in [5.41, 5.74) is 12.1. The van der Waals surface area contributed by atoms with Crippen LogP contribution in [0.1, 0.15) is 55.9 Å². The van der Waals surface area contributed by atoms with Gasteiger partial charge in [0.05, 0.1) is 13.0 Å². The highest BCUT2D eigenvalue weighted by atomic mass is 16.5. The lowest BCUT2D eigenvalue weighted by Gasteiger charge is -2.40. The van der Waals surface area contributed by atoms with Gasteiger partial charge in [0.2, 0.25) is 0 Å². The van der Waals surface area contributed by atoms with Gasteiger partial charge in [-0.05, 0) is 91.7 Å². The number of hydrogen-bond donors (Lipinski definition) is 1. The average molecular weight is 536 g/mol. The first-order valence-corrected chi connectivity index (χ1v) is 14.4. The van der Waals surface area contributed by atoms with E-state index < -0.39 is 0 Å². The van der Waals surface area contributed by atoms with Crippen LogP contribution in [0.3, 0.4) is 0 Å².